The Morgan fingerprint density at radius 3 is 2.43 bits per heavy atom. The Morgan fingerprint density at radius 2 is 1.75 bits per heavy atom. The van der Waals surface area contributed by atoms with E-state index in [0.717, 1.165) is 19.3 Å². The number of likely N-dealkylation sites (tertiary alicyclic amines) is 1. The minimum atomic E-state index is -0.471. The molecular weight excluding hydrogens is 362 g/mol. The molecule has 152 valence electrons. The van der Waals surface area contributed by atoms with Crippen molar-refractivity contribution in [1.29, 1.82) is 0 Å². The second-order valence-electron chi connectivity index (χ2n) is 7.10. The van der Waals surface area contributed by atoms with Crippen LogP contribution in [-0.2, 0) is 14.4 Å². The maximum absolute atomic E-state index is 12.3. The zero-order valence-corrected chi connectivity index (χ0v) is 16.1. The van der Waals surface area contributed by atoms with Gasteiger partial charge in [0.05, 0.1) is 12.5 Å². The maximum atomic E-state index is 12.3. The number of carbonyl (C=O) groups excluding carboxylic acids is 3. The Hall–Kier alpha value is -2.77. The number of hydrazine groups is 1. The molecule has 1 aromatic carbocycles. The minimum Gasteiger partial charge on any atom is -0.490 e. The first-order valence-corrected chi connectivity index (χ1v) is 9.80. The van der Waals surface area contributed by atoms with Gasteiger partial charge in [-0.05, 0) is 44.7 Å². The molecular formula is C20H27N3O5. The van der Waals surface area contributed by atoms with Gasteiger partial charge in [-0.2, -0.15) is 0 Å². The number of amides is 3. The van der Waals surface area contributed by atoms with Crippen LogP contribution in [0.4, 0.5) is 0 Å². The van der Waals surface area contributed by atoms with Crippen LogP contribution >= 0.6 is 0 Å². The van der Waals surface area contributed by atoms with Crippen LogP contribution < -0.4 is 20.3 Å². The van der Waals surface area contributed by atoms with Crippen LogP contribution in [0.5, 0.6) is 11.5 Å². The number of ether oxygens (including phenoxy) is 2. The van der Waals surface area contributed by atoms with Gasteiger partial charge in [0, 0.05) is 19.0 Å². The van der Waals surface area contributed by atoms with Gasteiger partial charge < -0.3 is 14.4 Å². The van der Waals surface area contributed by atoms with E-state index in [0.29, 0.717) is 37.6 Å². The summed E-state index contributed by atoms with van der Waals surface area (Å²) in [7, 11) is 0. The molecule has 1 aromatic rings. The average molecular weight is 389 g/mol. The Bertz CT molecular complexity index is 720. The Balaban J connectivity index is 1.41. The van der Waals surface area contributed by atoms with Gasteiger partial charge >= 0.3 is 0 Å². The van der Waals surface area contributed by atoms with Crippen LogP contribution in [0.2, 0.25) is 0 Å². The molecule has 28 heavy (non-hydrogen) atoms. The van der Waals surface area contributed by atoms with Crippen molar-refractivity contribution in [3.8, 4) is 11.5 Å². The lowest BCUT2D eigenvalue weighted by atomic mass is 9.97. The Kier molecular flexibility index (Phi) is 6.73. The molecule has 2 N–H and O–H groups in total. The monoisotopic (exact) mass is 389 g/mol. The second-order valence-corrected chi connectivity index (χ2v) is 7.10. The van der Waals surface area contributed by atoms with Crippen LogP contribution in [0.1, 0.15) is 32.6 Å². The molecule has 0 bridgehead atoms. The summed E-state index contributed by atoms with van der Waals surface area (Å²) in [6.07, 6.45) is 3.40. The lowest BCUT2D eigenvalue weighted by molar-refractivity contribution is -0.138. The van der Waals surface area contributed by atoms with Crippen molar-refractivity contribution in [3.63, 3.8) is 0 Å². The molecule has 3 amide bonds. The van der Waals surface area contributed by atoms with Crippen LogP contribution in [-0.4, -0.2) is 48.9 Å². The highest BCUT2D eigenvalue weighted by Crippen LogP contribution is 2.32. The van der Waals surface area contributed by atoms with Gasteiger partial charge in [0.2, 0.25) is 11.8 Å². The quantitative estimate of drug-likeness (QED) is 0.685. The molecule has 1 heterocycles. The van der Waals surface area contributed by atoms with Crippen molar-refractivity contribution in [3.05, 3.63) is 24.3 Å². The van der Waals surface area contributed by atoms with Crippen LogP contribution in [0, 0.1) is 11.8 Å². The summed E-state index contributed by atoms with van der Waals surface area (Å²) in [6, 6.07) is 7.08. The SMILES string of the molecule is CCOc1ccccc1OCC(=O)NNC(=O)C1CCCN(C(=O)C2CC2)C1. The summed E-state index contributed by atoms with van der Waals surface area (Å²) in [5, 5.41) is 0. The third-order valence-corrected chi connectivity index (χ3v) is 4.86. The molecule has 0 radical (unpaired) electrons. The molecule has 3 rings (SSSR count). The Labute approximate surface area is 164 Å². The van der Waals surface area contributed by atoms with Crippen molar-refractivity contribution in [1.82, 2.24) is 15.8 Å². The lowest BCUT2D eigenvalue weighted by Crippen LogP contribution is -2.51. The normalized spacial score (nSPS) is 18.9. The van der Waals surface area contributed by atoms with Crippen LogP contribution in [0.3, 0.4) is 0 Å². The maximum Gasteiger partial charge on any atom is 0.276 e. The predicted molar refractivity (Wildman–Crippen MR) is 101 cm³/mol. The summed E-state index contributed by atoms with van der Waals surface area (Å²) >= 11 is 0. The lowest BCUT2D eigenvalue weighted by Gasteiger charge is -2.32. The number of para-hydroxylation sites is 2. The second kappa shape index (κ2) is 9.43. The molecule has 0 aromatic heterocycles. The number of hydrogen-bond acceptors (Lipinski definition) is 5. The summed E-state index contributed by atoms with van der Waals surface area (Å²) in [6.45, 7) is 3.23. The number of hydrogen-bond donors (Lipinski definition) is 2. The van der Waals surface area contributed by atoms with Crippen molar-refractivity contribution in [2.75, 3.05) is 26.3 Å². The van der Waals surface area contributed by atoms with Crippen molar-refractivity contribution >= 4 is 17.7 Å². The molecule has 1 saturated carbocycles. The first kappa shape index (κ1) is 20.0. The topological polar surface area (TPSA) is 97.0 Å². The minimum absolute atomic E-state index is 0.151. The van der Waals surface area contributed by atoms with E-state index in [-0.39, 0.29) is 30.3 Å². The molecule has 1 unspecified atom stereocenters. The van der Waals surface area contributed by atoms with Crippen molar-refractivity contribution in [2.45, 2.75) is 32.6 Å². The fourth-order valence-corrected chi connectivity index (χ4v) is 3.24. The summed E-state index contributed by atoms with van der Waals surface area (Å²) in [5.41, 5.74) is 4.82. The molecule has 1 saturated heterocycles. The van der Waals surface area contributed by atoms with Gasteiger partial charge in [0.1, 0.15) is 0 Å². The molecule has 8 nitrogen and oxygen atoms in total. The number of rotatable bonds is 7. The van der Waals surface area contributed by atoms with E-state index in [1.54, 1.807) is 23.1 Å². The Morgan fingerprint density at radius 1 is 1.04 bits per heavy atom. The highest BCUT2D eigenvalue weighted by atomic mass is 16.5. The first-order chi connectivity index (χ1) is 13.6. The molecule has 1 aliphatic carbocycles. The zero-order chi connectivity index (χ0) is 19.9. The predicted octanol–water partition coefficient (Wildman–Crippen LogP) is 1.26. The van der Waals surface area contributed by atoms with E-state index < -0.39 is 5.91 Å². The highest BCUT2D eigenvalue weighted by molar-refractivity contribution is 5.85. The molecule has 2 fully saturated rings. The number of benzene rings is 1. The largest absolute Gasteiger partial charge is 0.490 e. The van der Waals surface area contributed by atoms with Gasteiger partial charge in [0.25, 0.3) is 5.91 Å². The van der Waals surface area contributed by atoms with Crippen molar-refractivity contribution < 1.29 is 23.9 Å². The smallest absolute Gasteiger partial charge is 0.276 e. The average Bonchev–Trinajstić information content (AvgIpc) is 3.56. The van der Waals surface area contributed by atoms with E-state index in [2.05, 4.69) is 10.9 Å². The van der Waals surface area contributed by atoms with Gasteiger partial charge in [-0.1, -0.05) is 12.1 Å². The number of nitrogens with zero attached hydrogens (tertiary/aromatic N) is 1. The third-order valence-electron chi connectivity index (χ3n) is 4.86. The fourth-order valence-electron chi connectivity index (χ4n) is 3.24. The molecule has 1 aliphatic heterocycles. The van der Waals surface area contributed by atoms with E-state index >= 15 is 0 Å². The van der Waals surface area contributed by atoms with Crippen LogP contribution in [0.25, 0.3) is 0 Å². The van der Waals surface area contributed by atoms with Gasteiger partial charge in [0.15, 0.2) is 18.1 Å². The van der Waals surface area contributed by atoms with Gasteiger partial charge in [-0.3, -0.25) is 25.2 Å². The van der Waals surface area contributed by atoms with E-state index in [1.807, 2.05) is 13.0 Å². The highest BCUT2D eigenvalue weighted by Gasteiger charge is 2.36. The van der Waals surface area contributed by atoms with E-state index in [4.69, 9.17) is 9.47 Å². The zero-order valence-electron chi connectivity index (χ0n) is 16.1. The van der Waals surface area contributed by atoms with Crippen LogP contribution in [0.15, 0.2) is 24.3 Å². The molecule has 8 heteroatoms. The summed E-state index contributed by atoms with van der Waals surface area (Å²) in [4.78, 5) is 38.3. The third kappa shape index (κ3) is 5.37. The van der Waals surface area contributed by atoms with Gasteiger partial charge in [-0.25, -0.2) is 0 Å². The first-order valence-electron chi connectivity index (χ1n) is 9.80. The fraction of sp³-hybridized carbons (Fsp3) is 0.550. The number of piperidine rings is 1. The van der Waals surface area contributed by atoms with E-state index in [9.17, 15) is 14.4 Å². The van der Waals surface area contributed by atoms with E-state index in [1.165, 1.54) is 0 Å². The summed E-state index contributed by atoms with van der Waals surface area (Å²) < 4.78 is 10.9. The summed E-state index contributed by atoms with van der Waals surface area (Å²) in [5.74, 6) is 0.270. The number of carbonyl (C=O) groups is 3. The number of nitrogens with one attached hydrogen (secondary N) is 2. The molecule has 1 atom stereocenters. The van der Waals surface area contributed by atoms with Crippen molar-refractivity contribution in [2.24, 2.45) is 11.8 Å². The molecule has 0 spiro atoms. The van der Waals surface area contributed by atoms with Gasteiger partial charge in [-0.15, -0.1) is 0 Å². The standard InChI is InChI=1S/C20H27N3O5/c1-2-27-16-7-3-4-8-17(16)28-13-18(24)21-22-19(25)15-6-5-11-23(12-15)20(26)14-9-10-14/h3-4,7-8,14-15H,2,5-6,9-13H2,1H3,(H,21,24)(H,22,25). The molecule has 2 aliphatic rings.